The number of carbonyl (C=O) groups is 1. The Balaban J connectivity index is 2.60. The molecule has 0 saturated carbocycles. The van der Waals surface area contributed by atoms with Gasteiger partial charge in [0.1, 0.15) is 6.04 Å². The first-order valence-corrected chi connectivity index (χ1v) is 5.59. The molecule has 0 spiro atoms. The molecule has 1 rings (SSSR count). The normalized spacial score (nSPS) is 12.2. The lowest BCUT2D eigenvalue weighted by Gasteiger charge is -2.16. The molecule has 0 aromatic carbocycles. The maximum Gasteiger partial charge on any atom is 0.328 e. The number of ether oxygens (including phenoxy) is 1. The molecule has 5 nitrogen and oxygen atoms in total. The molecule has 1 aromatic rings. The SMILES string of the molecule is CCCC(Nc1cnn(C)c1)C(=O)OCC. The smallest absolute Gasteiger partial charge is 0.328 e. The van der Waals surface area contributed by atoms with Crippen LogP contribution in [0.1, 0.15) is 26.7 Å². The quantitative estimate of drug-likeness (QED) is 0.746. The van der Waals surface area contributed by atoms with Crippen molar-refractivity contribution in [3.05, 3.63) is 12.4 Å². The standard InChI is InChI=1S/C11H19N3O2/c1-4-6-10(11(15)16-5-2)13-9-7-12-14(3)8-9/h7-8,10,13H,4-6H2,1-3H3. The average molecular weight is 225 g/mol. The lowest BCUT2D eigenvalue weighted by molar-refractivity contribution is -0.144. The number of hydrogen-bond acceptors (Lipinski definition) is 4. The number of anilines is 1. The Morgan fingerprint density at radius 1 is 1.62 bits per heavy atom. The van der Waals surface area contributed by atoms with Crippen molar-refractivity contribution in [1.82, 2.24) is 9.78 Å². The van der Waals surface area contributed by atoms with Crippen LogP contribution in [0.15, 0.2) is 12.4 Å². The zero-order valence-corrected chi connectivity index (χ0v) is 10.1. The average Bonchev–Trinajstić information content (AvgIpc) is 2.64. The molecule has 16 heavy (non-hydrogen) atoms. The van der Waals surface area contributed by atoms with Gasteiger partial charge in [-0.1, -0.05) is 13.3 Å². The van der Waals surface area contributed by atoms with Crippen molar-refractivity contribution >= 4 is 11.7 Å². The van der Waals surface area contributed by atoms with Crippen molar-refractivity contribution in [1.29, 1.82) is 0 Å². The number of aryl methyl sites for hydroxylation is 1. The minimum atomic E-state index is -0.283. The van der Waals surface area contributed by atoms with Crippen LogP contribution in [0.3, 0.4) is 0 Å². The monoisotopic (exact) mass is 225 g/mol. The first kappa shape index (κ1) is 12.5. The number of hydrogen-bond donors (Lipinski definition) is 1. The third-order valence-corrected chi connectivity index (χ3v) is 2.19. The van der Waals surface area contributed by atoms with Crippen LogP contribution in [0.4, 0.5) is 5.69 Å². The van der Waals surface area contributed by atoms with Gasteiger partial charge in [0.05, 0.1) is 18.5 Å². The zero-order valence-electron chi connectivity index (χ0n) is 10.1. The Kier molecular flexibility index (Phi) is 4.82. The Morgan fingerprint density at radius 3 is 2.88 bits per heavy atom. The van der Waals surface area contributed by atoms with Crippen molar-refractivity contribution in [2.75, 3.05) is 11.9 Å². The highest BCUT2D eigenvalue weighted by Crippen LogP contribution is 2.10. The van der Waals surface area contributed by atoms with E-state index in [0.717, 1.165) is 18.5 Å². The molecule has 0 radical (unpaired) electrons. The molecule has 0 aliphatic carbocycles. The summed E-state index contributed by atoms with van der Waals surface area (Å²) in [7, 11) is 1.84. The molecule has 1 unspecified atom stereocenters. The van der Waals surface area contributed by atoms with Crippen LogP contribution in [0, 0.1) is 0 Å². The molecule has 5 heteroatoms. The number of aromatic nitrogens is 2. The third-order valence-electron chi connectivity index (χ3n) is 2.19. The van der Waals surface area contributed by atoms with Crippen LogP contribution in [0.25, 0.3) is 0 Å². The van der Waals surface area contributed by atoms with Gasteiger partial charge in [-0.2, -0.15) is 5.10 Å². The summed E-state index contributed by atoms with van der Waals surface area (Å²) in [6, 6.07) is -0.283. The van der Waals surface area contributed by atoms with E-state index in [9.17, 15) is 4.79 Å². The molecule has 1 atom stereocenters. The van der Waals surface area contributed by atoms with E-state index in [1.165, 1.54) is 0 Å². The highest BCUT2D eigenvalue weighted by Gasteiger charge is 2.18. The third kappa shape index (κ3) is 3.56. The predicted molar refractivity (Wildman–Crippen MR) is 62.2 cm³/mol. The summed E-state index contributed by atoms with van der Waals surface area (Å²) in [5.41, 5.74) is 0.842. The minimum Gasteiger partial charge on any atom is -0.464 e. The molecule has 0 aliphatic heterocycles. The molecule has 0 saturated heterocycles. The van der Waals surface area contributed by atoms with Gasteiger partial charge < -0.3 is 10.1 Å². The molecule has 0 bridgehead atoms. The van der Waals surface area contributed by atoms with E-state index in [4.69, 9.17) is 4.74 Å². The van der Waals surface area contributed by atoms with Crippen molar-refractivity contribution in [2.24, 2.45) is 7.05 Å². The summed E-state index contributed by atoms with van der Waals surface area (Å²) in [5.74, 6) is -0.201. The lowest BCUT2D eigenvalue weighted by Crippen LogP contribution is -2.31. The van der Waals surface area contributed by atoms with Gasteiger partial charge in [-0.3, -0.25) is 4.68 Å². The van der Waals surface area contributed by atoms with E-state index in [1.807, 2.05) is 27.1 Å². The van der Waals surface area contributed by atoms with E-state index in [1.54, 1.807) is 10.9 Å². The summed E-state index contributed by atoms with van der Waals surface area (Å²) in [4.78, 5) is 11.6. The molecule has 0 amide bonds. The second-order valence-corrected chi connectivity index (χ2v) is 3.64. The van der Waals surface area contributed by atoms with Crippen LogP contribution >= 0.6 is 0 Å². The van der Waals surface area contributed by atoms with Gasteiger partial charge in [0.25, 0.3) is 0 Å². The summed E-state index contributed by atoms with van der Waals surface area (Å²) < 4.78 is 6.70. The van der Waals surface area contributed by atoms with Crippen molar-refractivity contribution in [2.45, 2.75) is 32.7 Å². The van der Waals surface area contributed by atoms with Crippen molar-refractivity contribution in [3.8, 4) is 0 Å². The summed E-state index contributed by atoms with van der Waals surface area (Å²) in [6.07, 6.45) is 5.22. The van der Waals surface area contributed by atoms with Crippen LogP contribution in [0.5, 0.6) is 0 Å². The van der Waals surface area contributed by atoms with Gasteiger partial charge in [0, 0.05) is 13.2 Å². The van der Waals surface area contributed by atoms with Crippen LogP contribution in [0.2, 0.25) is 0 Å². The van der Waals surface area contributed by atoms with Gasteiger partial charge in [-0.25, -0.2) is 4.79 Å². The topological polar surface area (TPSA) is 56.2 Å². The highest BCUT2D eigenvalue weighted by atomic mass is 16.5. The second kappa shape index (κ2) is 6.15. The molecule has 1 heterocycles. The number of carbonyl (C=O) groups excluding carboxylic acids is 1. The molecular weight excluding hydrogens is 206 g/mol. The number of rotatable bonds is 6. The van der Waals surface area contributed by atoms with Crippen molar-refractivity contribution < 1.29 is 9.53 Å². The molecule has 90 valence electrons. The Morgan fingerprint density at radius 2 is 2.38 bits per heavy atom. The number of esters is 1. The summed E-state index contributed by atoms with van der Waals surface area (Å²) in [5, 5.41) is 7.16. The molecular formula is C11H19N3O2. The Bertz CT molecular complexity index is 336. The predicted octanol–water partition coefficient (Wildman–Crippen LogP) is 1.56. The lowest BCUT2D eigenvalue weighted by atomic mass is 10.1. The van der Waals surface area contributed by atoms with Gasteiger partial charge in [-0.15, -0.1) is 0 Å². The fourth-order valence-electron chi connectivity index (χ4n) is 1.48. The summed E-state index contributed by atoms with van der Waals surface area (Å²) >= 11 is 0. The Hall–Kier alpha value is -1.52. The molecule has 0 aliphatic rings. The molecule has 1 N–H and O–H groups in total. The fraction of sp³-hybridized carbons (Fsp3) is 0.636. The van der Waals surface area contributed by atoms with E-state index in [2.05, 4.69) is 10.4 Å². The maximum absolute atomic E-state index is 11.6. The van der Waals surface area contributed by atoms with Gasteiger partial charge in [0.15, 0.2) is 0 Å². The molecule has 0 fully saturated rings. The Labute approximate surface area is 95.8 Å². The fourth-order valence-corrected chi connectivity index (χ4v) is 1.48. The van der Waals surface area contributed by atoms with Gasteiger partial charge >= 0.3 is 5.97 Å². The molecule has 1 aromatic heterocycles. The van der Waals surface area contributed by atoms with E-state index >= 15 is 0 Å². The highest BCUT2D eigenvalue weighted by molar-refractivity contribution is 5.79. The second-order valence-electron chi connectivity index (χ2n) is 3.64. The zero-order chi connectivity index (χ0) is 12.0. The van der Waals surface area contributed by atoms with Crippen molar-refractivity contribution in [3.63, 3.8) is 0 Å². The first-order valence-electron chi connectivity index (χ1n) is 5.59. The minimum absolute atomic E-state index is 0.201. The maximum atomic E-state index is 11.6. The largest absolute Gasteiger partial charge is 0.464 e. The summed E-state index contributed by atoms with van der Waals surface area (Å²) in [6.45, 7) is 4.26. The van der Waals surface area contributed by atoms with Crippen LogP contribution in [-0.2, 0) is 16.6 Å². The van der Waals surface area contributed by atoms with Gasteiger partial charge in [0.2, 0.25) is 0 Å². The van der Waals surface area contributed by atoms with Gasteiger partial charge in [-0.05, 0) is 13.3 Å². The van der Waals surface area contributed by atoms with Crippen LogP contribution < -0.4 is 5.32 Å². The first-order chi connectivity index (χ1) is 7.67. The van der Waals surface area contributed by atoms with Crippen LogP contribution in [-0.4, -0.2) is 28.4 Å². The van der Waals surface area contributed by atoms with E-state index in [0.29, 0.717) is 6.61 Å². The number of nitrogens with one attached hydrogen (secondary N) is 1. The number of nitrogens with zero attached hydrogens (tertiary/aromatic N) is 2. The van der Waals surface area contributed by atoms with E-state index in [-0.39, 0.29) is 12.0 Å². The van der Waals surface area contributed by atoms with E-state index < -0.39 is 0 Å².